The molecule has 0 saturated carbocycles. The van der Waals surface area contributed by atoms with Gasteiger partial charge in [0.25, 0.3) is 0 Å². The third kappa shape index (κ3) is 3.52. The van der Waals surface area contributed by atoms with Crippen LogP contribution in [-0.4, -0.2) is 60.1 Å². The van der Waals surface area contributed by atoms with Crippen LogP contribution in [0.1, 0.15) is 24.8 Å². The molecule has 2 saturated heterocycles. The maximum atomic E-state index is 13.4. The van der Waals surface area contributed by atoms with Gasteiger partial charge in [-0.2, -0.15) is 8.42 Å². The maximum Gasteiger partial charge on any atom is 0.333 e. The van der Waals surface area contributed by atoms with Crippen molar-refractivity contribution in [1.29, 1.82) is 0 Å². The molecule has 2 aliphatic heterocycles. The number of ketones is 1. The van der Waals surface area contributed by atoms with Gasteiger partial charge in [-0.3, -0.25) is 14.6 Å². The molecule has 2 amide bonds. The summed E-state index contributed by atoms with van der Waals surface area (Å²) >= 11 is 0. The Morgan fingerprint density at radius 1 is 1.41 bits per heavy atom. The summed E-state index contributed by atoms with van der Waals surface area (Å²) in [6, 6.07) is 1.91. The number of nitrogens with two attached hydrogens (primary N) is 1. The highest BCUT2D eigenvalue weighted by molar-refractivity contribution is 7.85. The van der Waals surface area contributed by atoms with Crippen molar-refractivity contribution in [3.05, 3.63) is 36.5 Å². The number of nitrogens with zero attached hydrogens (tertiary/aromatic N) is 2. The van der Waals surface area contributed by atoms with Crippen LogP contribution in [0.4, 0.5) is 0 Å². The Morgan fingerprint density at radius 3 is 2.85 bits per heavy atom. The summed E-state index contributed by atoms with van der Waals surface area (Å²) in [6.07, 6.45) is 4.51. The fourth-order valence-electron chi connectivity index (χ4n) is 3.92. The van der Waals surface area contributed by atoms with Gasteiger partial charge in [-0.1, -0.05) is 6.07 Å². The number of Topliss-reactive ketones (excluding diaryl/α,β-unsaturated/α-hetero) is 1. The van der Waals surface area contributed by atoms with E-state index in [2.05, 4.69) is 10.3 Å². The minimum absolute atomic E-state index is 0.0164. The summed E-state index contributed by atoms with van der Waals surface area (Å²) in [7, 11) is -4.07. The van der Waals surface area contributed by atoms with Crippen molar-refractivity contribution < 1.29 is 26.7 Å². The lowest BCUT2D eigenvalue weighted by molar-refractivity contribution is -0.729. The van der Waals surface area contributed by atoms with E-state index in [1.165, 1.54) is 18.8 Å². The molecule has 0 aromatic carbocycles. The van der Waals surface area contributed by atoms with Crippen LogP contribution in [0.25, 0.3) is 0 Å². The van der Waals surface area contributed by atoms with Gasteiger partial charge in [0.1, 0.15) is 12.3 Å². The van der Waals surface area contributed by atoms with Crippen molar-refractivity contribution in [3.63, 3.8) is 0 Å². The third-order valence-corrected chi connectivity index (χ3v) is 7.40. The second-order valence-corrected chi connectivity index (χ2v) is 8.95. The van der Waals surface area contributed by atoms with Crippen LogP contribution in [0.3, 0.4) is 0 Å². The molecule has 3 atom stereocenters. The normalized spacial score (nSPS) is 27.5. The molecule has 1 aromatic heterocycles. The first-order valence-electron chi connectivity index (χ1n) is 8.69. The van der Waals surface area contributed by atoms with Gasteiger partial charge in [-0.25, -0.2) is 4.79 Å². The van der Waals surface area contributed by atoms with E-state index in [0.29, 0.717) is 12.0 Å². The predicted molar refractivity (Wildman–Crippen MR) is 94.9 cm³/mol. The number of carbonyl (C=O) groups excluding carboxylic acids is 3. The molecule has 3 rings (SSSR count). The van der Waals surface area contributed by atoms with Gasteiger partial charge in [0.15, 0.2) is 6.04 Å². The standard InChI is InChI=1S/C17H21N4O5S/c18-15(23)4-1-5-16(24)21(8-6-13-17(21)14(22)10-20-13)27(25,26)11-12-3-2-7-19-9-12/h2-3,5,7,9,13,17,20H,1,4,6,8,10-11H2,(H-,18,23)/p+1. The SMILES string of the molecule is NC(=O)CC[CH]C(=O)[N+]1(S(=O)(=O)Cc2cccnc2)CCC2NCC(=O)C21. The Bertz CT molecular complexity index is 857. The minimum Gasteiger partial charge on any atom is -0.370 e. The molecule has 1 radical (unpaired) electrons. The van der Waals surface area contributed by atoms with Crippen molar-refractivity contribution in [2.45, 2.75) is 37.1 Å². The number of quaternary nitrogens is 1. The van der Waals surface area contributed by atoms with Crippen molar-refractivity contribution in [2.24, 2.45) is 5.73 Å². The highest BCUT2D eigenvalue weighted by Gasteiger charge is 2.65. The number of sulfonamides is 1. The van der Waals surface area contributed by atoms with Crippen LogP contribution in [0.15, 0.2) is 24.5 Å². The van der Waals surface area contributed by atoms with E-state index >= 15 is 0 Å². The summed E-state index contributed by atoms with van der Waals surface area (Å²) < 4.78 is 25.8. The number of hydrogen-bond donors (Lipinski definition) is 2. The van der Waals surface area contributed by atoms with Gasteiger partial charge < -0.3 is 11.1 Å². The highest BCUT2D eigenvalue weighted by Crippen LogP contribution is 2.37. The van der Waals surface area contributed by atoms with E-state index in [1.807, 2.05) is 0 Å². The highest BCUT2D eigenvalue weighted by atomic mass is 32.2. The summed E-state index contributed by atoms with van der Waals surface area (Å²) in [5.74, 6) is -1.94. The van der Waals surface area contributed by atoms with E-state index in [4.69, 9.17) is 5.73 Å². The zero-order valence-corrected chi connectivity index (χ0v) is 15.5. The monoisotopic (exact) mass is 394 g/mol. The Morgan fingerprint density at radius 2 is 2.19 bits per heavy atom. The van der Waals surface area contributed by atoms with Gasteiger partial charge in [-0.15, -0.1) is 3.89 Å². The molecule has 3 N–H and O–H groups in total. The second-order valence-electron chi connectivity index (χ2n) is 6.84. The van der Waals surface area contributed by atoms with E-state index in [1.54, 1.807) is 12.1 Å². The first-order chi connectivity index (χ1) is 12.8. The number of pyridine rings is 1. The minimum atomic E-state index is -4.07. The number of likely N-dealkylation sites (tertiary alicyclic amines) is 1. The van der Waals surface area contributed by atoms with E-state index < -0.39 is 37.5 Å². The Balaban J connectivity index is 1.96. The van der Waals surface area contributed by atoms with Crippen molar-refractivity contribution in [3.8, 4) is 0 Å². The first kappa shape index (κ1) is 19.6. The summed E-state index contributed by atoms with van der Waals surface area (Å²) in [5.41, 5.74) is 5.54. The topological polar surface area (TPSA) is 136 Å². The van der Waals surface area contributed by atoms with Crippen molar-refractivity contribution >= 4 is 27.6 Å². The average Bonchev–Trinajstić information content (AvgIpc) is 3.17. The number of amides is 2. The van der Waals surface area contributed by atoms with Crippen LogP contribution in [-0.2, 0) is 30.2 Å². The van der Waals surface area contributed by atoms with Crippen LogP contribution >= 0.6 is 0 Å². The first-order valence-corrected chi connectivity index (χ1v) is 10.3. The zero-order chi connectivity index (χ0) is 19.7. The van der Waals surface area contributed by atoms with Crippen LogP contribution in [0.2, 0.25) is 0 Å². The summed E-state index contributed by atoms with van der Waals surface area (Å²) in [6.45, 7) is 0.0644. The molecule has 2 fully saturated rings. The van der Waals surface area contributed by atoms with Gasteiger partial charge in [0.2, 0.25) is 11.7 Å². The number of nitrogens with one attached hydrogen (secondary N) is 1. The molecule has 27 heavy (non-hydrogen) atoms. The molecule has 145 valence electrons. The molecule has 3 heterocycles. The summed E-state index contributed by atoms with van der Waals surface area (Å²) in [4.78, 5) is 40.4. The number of rotatable bonds is 7. The van der Waals surface area contributed by atoms with E-state index in [9.17, 15) is 22.8 Å². The molecule has 10 heteroatoms. The second kappa shape index (κ2) is 7.45. The molecule has 1 aromatic rings. The maximum absolute atomic E-state index is 13.4. The lowest BCUT2D eigenvalue weighted by Crippen LogP contribution is -2.63. The van der Waals surface area contributed by atoms with Crippen LogP contribution in [0.5, 0.6) is 0 Å². The van der Waals surface area contributed by atoms with Crippen molar-refractivity contribution in [1.82, 2.24) is 10.3 Å². The number of carbonyl (C=O) groups is 3. The fraction of sp³-hybridized carbons (Fsp3) is 0.471. The average molecular weight is 394 g/mol. The number of fused-ring (bicyclic) bond motifs is 1. The van der Waals surface area contributed by atoms with E-state index in [0.717, 1.165) is 0 Å². The number of aromatic nitrogens is 1. The molecule has 0 bridgehead atoms. The lowest BCUT2D eigenvalue weighted by atomic mass is 10.1. The smallest absolute Gasteiger partial charge is 0.333 e. The van der Waals surface area contributed by atoms with Crippen molar-refractivity contribution in [2.75, 3.05) is 13.1 Å². The zero-order valence-electron chi connectivity index (χ0n) is 14.7. The molecular weight excluding hydrogens is 372 g/mol. The molecule has 2 aliphatic rings. The lowest BCUT2D eigenvalue weighted by Gasteiger charge is -2.34. The molecule has 3 unspecified atom stereocenters. The Kier molecular flexibility index (Phi) is 5.41. The quantitative estimate of drug-likeness (QED) is 0.568. The van der Waals surface area contributed by atoms with Gasteiger partial charge in [0, 0.05) is 25.2 Å². The predicted octanol–water partition coefficient (Wildman–Crippen LogP) is -0.962. The molecule has 0 aliphatic carbocycles. The number of primary amides is 1. The largest absolute Gasteiger partial charge is 0.370 e. The molecule has 9 nitrogen and oxygen atoms in total. The third-order valence-electron chi connectivity index (χ3n) is 5.12. The molecular formula is C17H22N4O5S+. The van der Waals surface area contributed by atoms with Gasteiger partial charge in [-0.05, 0) is 18.1 Å². The fourth-order valence-corrected chi connectivity index (χ4v) is 6.09. The summed E-state index contributed by atoms with van der Waals surface area (Å²) in [5, 5.41) is 3.01. The van der Waals surface area contributed by atoms with Crippen LogP contribution in [0, 0.1) is 6.42 Å². The van der Waals surface area contributed by atoms with Gasteiger partial charge >= 0.3 is 15.9 Å². The Labute approximate surface area is 157 Å². The van der Waals surface area contributed by atoms with Crippen LogP contribution < -0.4 is 11.1 Å². The number of hydrogen-bond acceptors (Lipinski definition) is 7. The Hall–Kier alpha value is -2.17. The molecule has 0 spiro atoms. The van der Waals surface area contributed by atoms with E-state index in [-0.39, 0.29) is 37.8 Å². The van der Waals surface area contributed by atoms with Gasteiger partial charge in [0.05, 0.1) is 19.0 Å².